The molecule has 0 unspecified atom stereocenters. The Morgan fingerprint density at radius 3 is 2.15 bits per heavy atom. The molecule has 11 heteroatoms. The number of carbonyl (C=O) groups excluding carboxylic acids is 5. The summed E-state index contributed by atoms with van der Waals surface area (Å²) in [7, 11) is 0. The minimum atomic E-state index is -0.899. The number of unbranched alkanes of at least 4 members (excludes halogenated alkanes) is 1. The maximum absolute atomic E-state index is 13.1. The van der Waals surface area contributed by atoms with Gasteiger partial charge >= 0.3 is 11.9 Å². The summed E-state index contributed by atoms with van der Waals surface area (Å²) in [5, 5.41) is 10.7. The van der Waals surface area contributed by atoms with Gasteiger partial charge in [-0.05, 0) is 55.0 Å². The van der Waals surface area contributed by atoms with Crippen molar-refractivity contribution >= 4 is 40.9 Å². The van der Waals surface area contributed by atoms with Gasteiger partial charge in [-0.3, -0.25) is 24.5 Å². The Labute approximate surface area is 222 Å². The lowest BCUT2D eigenvalue weighted by molar-refractivity contribution is -0.384. The second-order valence-electron chi connectivity index (χ2n) is 8.55. The Morgan fingerprint density at radius 2 is 1.46 bits per heavy atom. The largest absolute Gasteiger partial charge is 0.462 e. The van der Waals surface area contributed by atoms with E-state index in [4.69, 9.17) is 9.47 Å². The molecule has 11 nitrogen and oxygen atoms in total. The van der Waals surface area contributed by atoms with Crippen molar-refractivity contribution in [3.63, 3.8) is 0 Å². The third-order valence-corrected chi connectivity index (χ3v) is 5.93. The quantitative estimate of drug-likeness (QED) is 0.0928. The van der Waals surface area contributed by atoms with Crippen LogP contribution >= 0.6 is 0 Å². The Balaban J connectivity index is 1.46. The number of nitro benzene ring substituents is 1. The number of imide groups is 1. The molecule has 2 amide bonds. The summed E-state index contributed by atoms with van der Waals surface area (Å²) in [5.41, 5.74) is 0.262. The van der Waals surface area contributed by atoms with E-state index in [0.717, 1.165) is 23.5 Å². The number of fused-ring (bicyclic) bond motifs is 1. The molecule has 39 heavy (non-hydrogen) atoms. The monoisotopic (exact) mass is 530 g/mol. The number of hydrogen-bond acceptors (Lipinski definition) is 9. The van der Waals surface area contributed by atoms with Crippen LogP contribution in [0.25, 0.3) is 0 Å². The summed E-state index contributed by atoms with van der Waals surface area (Å²) in [6, 6.07) is 14.6. The molecule has 0 N–H and O–H groups in total. The number of benzene rings is 3. The minimum Gasteiger partial charge on any atom is -0.462 e. The normalized spacial score (nSPS) is 12.2. The number of nitro groups is 1. The summed E-state index contributed by atoms with van der Waals surface area (Å²) in [5.74, 6) is -3.37. The molecule has 1 aliphatic heterocycles. The zero-order chi connectivity index (χ0) is 28.1. The molecule has 0 atom stereocenters. The van der Waals surface area contributed by atoms with Gasteiger partial charge in [-0.25, -0.2) is 14.5 Å². The number of nitrogens with zero attached hydrogens (tertiary/aromatic N) is 2. The van der Waals surface area contributed by atoms with Crippen LogP contribution in [0.2, 0.25) is 0 Å². The molecule has 0 fully saturated rings. The molecule has 0 aromatic heterocycles. The predicted molar refractivity (Wildman–Crippen MR) is 137 cm³/mol. The van der Waals surface area contributed by atoms with Gasteiger partial charge in [0, 0.05) is 17.7 Å². The number of non-ortho nitro benzene ring substituents is 1. The number of anilines is 1. The molecule has 1 aliphatic rings. The van der Waals surface area contributed by atoms with E-state index in [1.807, 2.05) is 6.92 Å². The average Bonchev–Trinajstić information content (AvgIpc) is 3.20. The van der Waals surface area contributed by atoms with Crippen molar-refractivity contribution in [2.24, 2.45) is 0 Å². The highest BCUT2D eigenvalue weighted by Crippen LogP contribution is 2.30. The van der Waals surface area contributed by atoms with E-state index in [2.05, 4.69) is 0 Å². The number of hydrogen-bond donors (Lipinski definition) is 0. The van der Waals surface area contributed by atoms with Crippen LogP contribution in [-0.2, 0) is 9.47 Å². The van der Waals surface area contributed by atoms with Crippen LogP contribution in [0.4, 0.5) is 11.4 Å². The summed E-state index contributed by atoms with van der Waals surface area (Å²) < 4.78 is 10.3. The first-order valence-electron chi connectivity index (χ1n) is 12.0. The van der Waals surface area contributed by atoms with E-state index in [-0.39, 0.29) is 45.8 Å². The van der Waals surface area contributed by atoms with Crippen LogP contribution in [0.3, 0.4) is 0 Å². The van der Waals surface area contributed by atoms with Gasteiger partial charge in [0.15, 0.2) is 12.4 Å². The molecule has 0 radical (unpaired) electrons. The van der Waals surface area contributed by atoms with Gasteiger partial charge in [0.1, 0.15) is 0 Å². The summed E-state index contributed by atoms with van der Waals surface area (Å²) in [4.78, 5) is 74.4. The molecular weight excluding hydrogens is 508 g/mol. The van der Waals surface area contributed by atoms with Crippen LogP contribution < -0.4 is 4.90 Å². The lowest BCUT2D eigenvalue weighted by Gasteiger charge is -2.14. The summed E-state index contributed by atoms with van der Waals surface area (Å²) in [6.07, 6.45) is 1.56. The van der Waals surface area contributed by atoms with Crippen molar-refractivity contribution in [2.75, 3.05) is 18.1 Å². The topological polar surface area (TPSA) is 150 Å². The number of ketones is 1. The highest BCUT2D eigenvalue weighted by atomic mass is 16.6. The van der Waals surface area contributed by atoms with Gasteiger partial charge in [-0.1, -0.05) is 19.4 Å². The zero-order valence-corrected chi connectivity index (χ0v) is 20.7. The fourth-order valence-electron chi connectivity index (χ4n) is 3.83. The molecule has 0 bridgehead atoms. The van der Waals surface area contributed by atoms with Crippen LogP contribution in [-0.4, -0.2) is 47.7 Å². The average molecular weight is 530 g/mol. The number of ether oxygens (including phenoxy) is 2. The molecule has 0 saturated heterocycles. The first kappa shape index (κ1) is 26.9. The van der Waals surface area contributed by atoms with Gasteiger partial charge < -0.3 is 9.47 Å². The van der Waals surface area contributed by atoms with E-state index in [1.54, 1.807) is 0 Å². The standard InChI is InChI=1S/C28H22N2O9/c1-2-3-13-38-27(34)18-5-4-6-21(14-18)29-25(32)22-12-9-19(15-23(22)26(29)33)28(35)39-16-24(31)17-7-10-20(11-8-17)30(36)37/h4-12,14-15H,2-3,13,16H2,1H3. The van der Waals surface area contributed by atoms with Gasteiger partial charge in [0.2, 0.25) is 0 Å². The van der Waals surface area contributed by atoms with E-state index >= 15 is 0 Å². The Hall–Kier alpha value is -5.19. The highest BCUT2D eigenvalue weighted by molar-refractivity contribution is 6.34. The minimum absolute atomic E-state index is 0.0351. The Bertz CT molecular complexity index is 1500. The van der Waals surface area contributed by atoms with E-state index < -0.39 is 41.1 Å². The van der Waals surface area contributed by atoms with Gasteiger partial charge in [-0.2, -0.15) is 0 Å². The number of carbonyl (C=O) groups is 5. The second kappa shape index (κ2) is 11.5. The third kappa shape index (κ3) is 5.72. The van der Waals surface area contributed by atoms with Crippen molar-refractivity contribution in [1.82, 2.24) is 0 Å². The zero-order valence-electron chi connectivity index (χ0n) is 20.7. The highest BCUT2D eigenvalue weighted by Gasteiger charge is 2.37. The maximum Gasteiger partial charge on any atom is 0.338 e. The van der Waals surface area contributed by atoms with Crippen molar-refractivity contribution in [1.29, 1.82) is 0 Å². The lowest BCUT2D eigenvalue weighted by Crippen LogP contribution is -2.29. The Kier molecular flexibility index (Phi) is 7.90. The predicted octanol–water partition coefficient (Wildman–Crippen LogP) is 4.39. The van der Waals surface area contributed by atoms with E-state index in [0.29, 0.717) is 6.42 Å². The summed E-state index contributed by atoms with van der Waals surface area (Å²) >= 11 is 0. The van der Waals surface area contributed by atoms with Crippen LogP contribution in [0.1, 0.15) is 71.6 Å². The first-order chi connectivity index (χ1) is 18.7. The van der Waals surface area contributed by atoms with Crippen molar-refractivity contribution < 1.29 is 38.4 Å². The van der Waals surface area contributed by atoms with Crippen molar-refractivity contribution in [3.05, 3.63) is 105 Å². The molecule has 4 rings (SSSR count). The van der Waals surface area contributed by atoms with Crippen LogP contribution in [0.5, 0.6) is 0 Å². The van der Waals surface area contributed by atoms with Crippen molar-refractivity contribution in [2.45, 2.75) is 19.8 Å². The smallest absolute Gasteiger partial charge is 0.338 e. The number of rotatable bonds is 10. The molecule has 0 spiro atoms. The van der Waals surface area contributed by atoms with Gasteiger partial charge in [-0.15, -0.1) is 0 Å². The van der Waals surface area contributed by atoms with Gasteiger partial charge in [0.05, 0.1) is 39.5 Å². The van der Waals surface area contributed by atoms with E-state index in [1.165, 1.54) is 54.6 Å². The lowest BCUT2D eigenvalue weighted by atomic mass is 10.1. The molecule has 3 aromatic carbocycles. The molecule has 1 heterocycles. The van der Waals surface area contributed by atoms with Crippen LogP contribution in [0.15, 0.2) is 66.7 Å². The molecule has 3 aromatic rings. The molecular formula is C28H22N2O9. The molecule has 198 valence electrons. The number of esters is 2. The fraction of sp³-hybridized carbons (Fsp3) is 0.179. The molecule has 0 saturated carbocycles. The SMILES string of the molecule is CCCCOC(=O)c1cccc(N2C(=O)c3ccc(C(=O)OCC(=O)c4ccc([N+](=O)[O-])cc4)cc3C2=O)c1. The van der Waals surface area contributed by atoms with Crippen molar-refractivity contribution in [3.8, 4) is 0 Å². The van der Waals surface area contributed by atoms with Crippen LogP contribution in [0, 0.1) is 10.1 Å². The third-order valence-electron chi connectivity index (χ3n) is 5.93. The van der Waals surface area contributed by atoms with E-state index in [9.17, 15) is 34.1 Å². The number of Topliss-reactive ketones (excluding diaryl/α,β-unsaturated/α-hetero) is 1. The van der Waals surface area contributed by atoms with Gasteiger partial charge in [0.25, 0.3) is 17.5 Å². The second-order valence-corrected chi connectivity index (χ2v) is 8.55. The number of amides is 2. The Morgan fingerprint density at radius 1 is 0.821 bits per heavy atom. The summed E-state index contributed by atoms with van der Waals surface area (Å²) in [6.45, 7) is 1.59. The first-order valence-corrected chi connectivity index (χ1v) is 12.0. The molecule has 0 aliphatic carbocycles. The maximum atomic E-state index is 13.1. The fourth-order valence-corrected chi connectivity index (χ4v) is 3.83.